The molecule has 2 heterocycles. The van der Waals surface area contributed by atoms with Crippen molar-refractivity contribution in [1.29, 1.82) is 0 Å². The fourth-order valence-electron chi connectivity index (χ4n) is 2.40. The van der Waals surface area contributed by atoms with Crippen LogP contribution < -0.4 is 4.90 Å². The molecule has 0 spiro atoms. The topological polar surface area (TPSA) is 76.3 Å². The number of benzene rings is 1. The van der Waals surface area contributed by atoms with Gasteiger partial charge in [-0.15, -0.1) is 0 Å². The van der Waals surface area contributed by atoms with Gasteiger partial charge in [0.1, 0.15) is 6.54 Å². The van der Waals surface area contributed by atoms with Gasteiger partial charge in [-0.1, -0.05) is 16.8 Å². The molecule has 1 aromatic carbocycles. The summed E-state index contributed by atoms with van der Waals surface area (Å²) < 4.78 is 5.16. The number of carbonyl (C=O) groups is 2. The first-order valence-corrected chi connectivity index (χ1v) is 6.99. The monoisotopic (exact) mass is 303 g/mol. The van der Waals surface area contributed by atoms with Crippen LogP contribution in [0.2, 0.25) is 5.02 Å². The molecule has 1 fully saturated rings. The summed E-state index contributed by atoms with van der Waals surface area (Å²) >= 11 is 5.94. The van der Waals surface area contributed by atoms with Crippen LogP contribution in [0.3, 0.4) is 0 Å². The number of amides is 1. The zero-order valence-electron chi connectivity index (χ0n) is 10.9. The molecule has 0 unspecified atom stereocenters. The Morgan fingerprint density at radius 3 is 2.90 bits per heavy atom. The molecule has 21 heavy (non-hydrogen) atoms. The van der Waals surface area contributed by atoms with E-state index in [1.54, 1.807) is 18.2 Å². The highest BCUT2D eigenvalue weighted by molar-refractivity contribution is 6.52. The molecule has 1 saturated carbocycles. The summed E-state index contributed by atoms with van der Waals surface area (Å²) in [6.45, 7) is 0.0810. The summed E-state index contributed by atoms with van der Waals surface area (Å²) in [5, 5.41) is 4.37. The second kappa shape index (κ2) is 4.39. The zero-order valence-corrected chi connectivity index (χ0v) is 11.6. The third kappa shape index (κ3) is 2.03. The van der Waals surface area contributed by atoms with Gasteiger partial charge < -0.3 is 4.52 Å². The van der Waals surface area contributed by atoms with Crippen LogP contribution >= 0.6 is 11.6 Å². The summed E-state index contributed by atoms with van der Waals surface area (Å²) in [4.78, 5) is 29.6. The zero-order chi connectivity index (χ0) is 14.6. The van der Waals surface area contributed by atoms with Crippen LogP contribution in [-0.4, -0.2) is 21.8 Å². The average Bonchev–Trinajstić information content (AvgIpc) is 3.18. The van der Waals surface area contributed by atoms with Gasteiger partial charge in [0.15, 0.2) is 5.82 Å². The SMILES string of the molecule is O=C1C(=O)N(Cc2nc(C3CC3)no2)c2cc(Cl)ccc21. The Balaban J connectivity index is 1.66. The van der Waals surface area contributed by atoms with Gasteiger partial charge in [0.2, 0.25) is 5.89 Å². The lowest BCUT2D eigenvalue weighted by molar-refractivity contribution is -0.114. The second-order valence-electron chi connectivity index (χ2n) is 5.20. The molecule has 0 radical (unpaired) electrons. The van der Waals surface area contributed by atoms with Crippen LogP contribution in [0.1, 0.15) is 40.8 Å². The Morgan fingerprint density at radius 1 is 1.33 bits per heavy atom. The molecule has 2 aliphatic rings. The quantitative estimate of drug-likeness (QED) is 0.813. The van der Waals surface area contributed by atoms with E-state index >= 15 is 0 Å². The fraction of sp³-hybridized carbons (Fsp3) is 0.286. The molecule has 0 saturated heterocycles. The molecular formula is C14H10ClN3O3. The standard InChI is InChI=1S/C14H10ClN3O3/c15-8-3-4-9-10(5-8)18(14(20)12(9)19)6-11-16-13(17-21-11)7-1-2-7/h3-5,7H,1-2,6H2. The number of hydrogen-bond donors (Lipinski definition) is 0. The van der Waals surface area contributed by atoms with Crippen LogP contribution in [0, 0.1) is 0 Å². The molecular weight excluding hydrogens is 294 g/mol. The van der Waals surface area contributed by atoms with Gasteiger partial charge in [-0.2, -0.15) is 4.98 Å². The van der Waals surface area contributed by atoms with Gasteiger partial charge in [-0.25, -0.2) is 0 Å². The molecule has 1 aliphatic heterocycles. The maximum atomic E-state index is 12.1. The number of aromatic nitrogens is 2. The number of ketones is 1. The number of Topliss-reactive ketones (excluding diaryl/α,β-unsaturated/α-hetero) is 1. The van der Waals surface area contributed by atoms with Crippen molar-refractivity contribution in [3.8, 4) is 0 Å². The van der Waals surface area contributed by atoms with E-state index < -0.39 is 11.7 Å². The van der Waals surface area contributed by atoms with Crippen LogP contribution in [0.5, 0.6) is 0 Å². The highest BCUT2D eigenvalue weighted by Crippen LogP contribution is 2.38. The van der Waals surface area contributed by atoms with Crippen molar-refractivity contribution < 1.29 is 14.1 Å². The predicted octanol–water partition coefficient (Wildman–Crippen LogP) is 2.33. The Kier molecular flexibility index (Phi) is 2.62. The lowest BCUT2D eigenvalue weighted by Crippen LogP contribution is -2.29. The van der Waals surface area contributed by atoms with Crippen LogP contribution in [-0.2, 0) is 11.3 Å². The van der Waals surface area contributed by atoms with Crippen molar-refractivity contribution in [2.24, 2.45) is 0 Å². The Hall–Kier alpha value is -2.21. The highest BCUT2D eigenvalue weighted by atomic mass is 35.5. The van der Waals surface area contributed by atoms with Gasteiger partial charge in [-0.3, -0.25) is 14.5 Å². The largest absolute Gasteiger partial charge is 0.337 e. The molecule has 2 aromatic rings. The van der Waals surface area contributed by atoms with E-state index in [9.17, 15) is 9.59 Å². The van der Waals surface area contributed by atoms with Gasteiger partial charge >= 0.3 is 0 Å². The van der Waals surface area contributed by atoms with E-state index in [1.807, 2.05) is 0 Å². The second-order valence-corrected chi connectivity index (χ2v) is 5.64. The lowest BCUT2D eigenvalue weighted by atomic mass is 10.1. The van der Waals surface area contributed by atoms with E-state index in [2.05, 4.69) is 10.1 Å². The van der Waals surface area contributed by atoms with Gasteiger partial charge in [0, 0.05) is 10.9 Å². The van der Waals surface area contributed by atoms with E-state index in [-0.39, 0.29) is 6.54 Å². The van der Waals surface area contributed by atoms with E-state index in [1.165, 1.54) is 4.90 Å². The maximum absolute atomic E-state index is 12.1. The number of halogens is 1. The van der Waals surface area contributed by atoms with Gasteiger partial charge in [0.05, 0.1) is 11.3 Å². The van der Waals surface area contributed by atoms with Crippen LogP contribution in [0.4, 0.5) is 5.69 Å². The minimum absolute atomic E-state index is 0.0810. The molecule has 1 aromatic heterocycles. The third-order valence-electron chi connectivity index (χ3n) is 3.65. The molecule has 106 valence electrons. The summed E-state index contributed by atoms with van der Waals surface area (Å²) in [7, 11) is 0. The van der Waals surface area contributed by atoms with Crippen LogP contribution in [0.15, 0.2) is 22.7 Å². The predicted molar refractivity (Wildman–Crippen MR) is 73.2 cm³/mol. The average molecular weight is 304 g/mol. The normalized spacial score (nSPS) is 17.5. The third-order valence-corrected chi connectivity index (χ3v) is 3.89. The summed E-state index contributed by atoms with van der Waals surface area (Å²) in [5.41, 5.74) is 0.843. The number of anilines is 1. The van der Waals surface area contributed by atoms with Crippen molar-refractivity contribution >= 4 is 29.0 Å². The van der Waals surface area contributed by atoms with Gasteiger partial charge in [0.25, 0.3) is 11.7 Å². The summed E-state index contributed by atoms with van der Waals surface area (Å²) in [6.07, 6.45) is 2.14. The Bertz CT molecular complexity index is 767. The molecule has 6 nitrogen and oxygen atoms in total. The van der Waals surface area contributed by atoms with Crippen molar-refractivity contribution in [2.75, 3.05) is 4.90 Å². The molecule has 0 N–H and O–H groups in total. The van der Waals surface area contributed by atoms with Crippen molar-refractivity contribution in [3.05, 3.63) is 40.5 Å². The minimum Gasteiger partial charge on any atom is -0.337 e. The minimum atomic E-state index is -0.599. The molecule has 7 heteroatoms. The number of nitrogens with zero attached hydrogens (tertiary/aromatic N) is 3. The number of hydrogen-bond acceptors (Lipinski definition) is 5. The van der Waals surface area contributed by atoms with E-state index in [0.29, 0.717) is 33.9 Å². The Labute approximate surface area is 124 Å². The first kappa shape index (κ1) is 12.5. The number of fused-ring (bicyclic) bond motifs is 1. The smallest absolute Gasteiger partial charge is 0.299 e. The van der Waals surface area contributed by atoms with Crippen molar-refractivity contribution in [3.63, 3.8) is 0 Å². The van der Waals surface area contributed by atoms with Crippen molar-refractivity contribution in [1.82, 2.24) is 10.1 Å². The highest BCUT2D eigenvalue weighted by Gasteiger charge is 2.37. The molecule has 1 amide bonds. The first-order valence-electron chi connectivity index (χ1n) is 6.61. The van der Waals surface area contributed by atoms with Gasteiger partial charge in [-0.05, 0) is 31.0 Å². The van der Waals surface area contributed by atoms with Crippen molar-refractivity contribution in [2.45, 2.75) is 25.3 Å². The van der Waals surface area contributed by atoms with Crippen LogP contribution in [0.25, 0.3) is 0 Å². The fourth-order valence-corrected chi connectivity index (χ4v) is 2.57. The number of rotatable bonds is 3. The lowest BCUT2D eigenvalue weighted by Gasteiger charge is -2.13. The maximum Gasteiger partial charge on any atom is 0.299 e. The molecule has 0 atom stereocenters. The van der Waals surface area contributed by atoms with E-state index in [0.717, 1.165) is 12.8 Å². The summed E-state index contributed by atoms with van der Waals surface area (Å²) in [6, 6.07) is 4.74. The summed E-state index contributed by atoms with van der Waals surface area (Å²) in [5.74, 6) is 0.238. The molecule has 1 aliphatic carbocycles. The molecule has 4 rings (SSSR count). The molecule has 0 bridgehead atoms. The number of carbonyl (C=O) groups excluding carboxylic acids is 2. The van der Waals surface area contributed by atoms with E-state index in [4.69, 9.17) is 16.1 Å². The first-order chi connectivity index (χ1) is 10.1. The Morgan fingerprint density at radius 2 is 2.14 bits per heavy atom.